The molecule has 4 heteroatoms. The van der Waals surface area contributed by atoms with E-state index in [4.69, 9.17) is 9.47 Å². The van der Waals surface area contributed by atoms with Crippen LogP contribution in [0.2, 0.25) is 39.3 Å². The Bertz CT molecular complexity index is 624. The van der Waals surface area contributed by atoms with Gasteiger partial charge in [0.05, 0.1) is 30.4 Å². The molecule has 0 amide bonds. The van der Waals surface area contributed by atoms with Crippen molar-refractivity contribution in [3.63, 3.8) is 0 Å². The van der Waals surface area contributed by atoms with E-state index < -0.39 is 16.1 Å². The lowest BCUT2D eigenvalue weighted by Crippen LogP contribution is -2.51. The molecule has 2 aliphatic carbocycles. The quantitative estimate of drug-likeness (QED) is 0.694. The van der Waals surface area contributed by atoms with Crippen LogP contribution >= 0.6 is 0 Å². The Morgan fingerprint density at radius 2 is 1.00 bits per heavy atom. The topological polar surface area (TPSA) is 18.5 Å². The lowest BCUT2D eigenvalue weighted by atomic mass is 9.69. The Kier molecular flexibility index (Phi) is 5.39. The molecule has 3 rings (SSSR count). The van der Waals surface area contributed by atoms with E-state index in [1.807, 2.05) is 14.2 Å². The van der Waals surface area contributed by atoms with Gasteiger partial charge in [-0.15, -0.1) is 0 Å². The highest BCUT2D eigenvalue weighted by Gasteiger charge is 2.41. The zero-order valence-corrected chi connectivity index (χ0v) is 20.2. The highest BCUT2D eigenvalue weighted by Crippen LogP contribution is 2.43. The zero-order valence-electron chi connectivity index (χ0n) is 18.2. The van der Waals surface area contributed by atoms with E-state index in [0.29, 0.717) is 0 Å². The van der Waals surface area contributed by atoms with Gasteiger partial charge in [0.25, 0.3) is 0 Å². The van der Waals surface area contributed by atoms with E-state index in [2.05, 4.69) is 39.3 Å². The van der Waals surface area contributed by atoms with Crippen LogP contribution in [0.1, 0.15) is 36.8 Å². The third-order valence-electron chi connectivity index (χ3n) is 6.54. The van der Waals surface area contributed by atoms with Crippen molar-refractivity contribution < 1.29 is 9.47 Å². The molecule has 1 fully saturated rings. The Morgan fingerprint density at radius 3 is 1.27 bits per heavy atom. The summed E-state index contributed by atoms with van der Waals surface area (Å²) in [6.45, 7) is 14.8. The molecule has 0 N–H and O–H groups in total. The van der Waals surface area contributed by atoms with Crippen LogP contribution in [-0.2, 0) is 12.8 Å². The number of hydrogen-bond acceptors (Lipinski definition) is 2. The monoisotopic (exact) mass is 390 g/mol. The zero-order chi connectivity index (χ0) is 19.3. The minimum absolute atomic E-state index is 0.888. The molecular weight excluding hydrogens is 352 g/mol. The van der Waals surface area contributed by atoms with E-state index in [-0.39, 0.29) is 0 Å². The number of ether oxygens (including phenoxy) is 2. The summed E-state index contributed by atoms with van der Waals surface area (Å²) < 4.78 is 12.1. The summed E-state index contributed by atoms with van der Waals surface area (Å²) in [4.78, 5) is 0. The predicted molar refractivity (Wildman–Crippen MR) is 118 cm³/mol. The van der Waals surface area contributed by atoms with E-state index >= 15 is 0 Å². The molecule has 0 heterocycles. The fourth-order valence-electron chi connectivity index (χ4n) is 5.58. The van der Waals surface area contributed by atoms with Crippen molar-refractivity contribution in [3.8, 4) is 11.5 Å². The van der Waals surface area contributed by atoms with E-state index in [0.717, 1.165) is 23.3 Å². The summed E-state index contributed by atoms with van der Waals surface area (Å²) in [5.41, 5.74) is 3.34. The first-order valence-electron chi connectivity index (χ1n) is 10.4. The lowest BCUT2D eigenvalue weighted by Gasteiger charge is -2.42. The van der Waals surface area contributed by atoms with Gasteiger partial charge in [0.15, 0.2) is 11.5 Å². The SMILES string of the molecule is COc1c(OC)c([Si](C)(C)C)c2c(c1[Si](C)(C)C)C[C@H]1CCCC[C@@H]1C2. The lowest BCUT2D eigenvalue weighted by molar-refractivity contribution is 0.221. The molecule has 1 aromatic rings. The number of benzene rings is 1. The Balaban J connectivity index is 2.35. The van der Waals surface area contributed by atoms with Gasteiger partial charge >= 0.3 is 0 Å². The van der Waals surface area contributed by atoms with Crippen LogP contribution in [-0.4, -0.2) is 30.4 Å². The molecule has 1 saturated carbocycles. The third kappa shape index (κ3) is 3.39. The minimum atomic E-state index is -1.55. The van der Waals surface area contributed by atoms with Gasteiger partial charge in [0.1, 0.15) is 0 Å². The van der Waals surface area contributed by atoms with Gasteiger partial charge in [-0.1, -0.05) is 52.1 Å². The van der Waals surface area contributed by atoms with Crippen molar-refractivity contribution >= 4 is 26.5 Å². The molecule has 0 saturated heterocycles. The summed E-state index contributed by atoms with van der Waals surface area (Å²) in [5, 5.41) is 3.08. The molecule has 1 aromatic carbocycles. The highest BCUT2D eigenvalue weighted by molar-refractivity contribution is 6.91. The van der Waals surface area contributed by atoms with E-state index in [1.165, 1.54) is 48.9 Å². The Morgan fingerprint density at radius 1 is 0.654 bits per heavy atom. The molecule has 2 nitrogen and oxygen atoms in total. The fraction of sp³-hybridized carbons (Fsp3) is 0.727. The number of hydrogen-bond donors (Lipinski definition) is 0. The molecule has 0 aromatic heterocycles. The van der Waals surface area contributed by atoms with E-state index in [1.54, 1.807) is 11.1 Å². The summed E-state index contributed by atoms with van der Waals surface area (Å²) in [6.07, 6.45) is 8.24. The maximum Gasteiger partial charge on any atom is 0.160 e. The summed E-state index contributed by atoms with van der Waals surface area (Å²) in [6, 6.07) is 0. The molecule has 146 valence electrons. The maximum atomic E-state index is 6.06. The van der Waals surface area contributed by atoms with E-state index in [9.17, 15) is 0 Å². The van der Waals surface area contributed by atoms with Gasteiger partial charge in [0, 0.05) is 0 Å². The normalized spacial score (nSPS) is 23.2. The van der Waals surface area contributed by atoms with Crippen molar-refractivity contribution in [3.05, 3.63) is 11.1 Å². The highest BCUT2D eigenvalue weighted by atomic mass is 28.3. The summed E-state index contributed by atoms with van der Waals surface area (Å²) in [7, 11) is 0.575. The van der Waals surface area contributed by atoms with Crippen molar-refractivity contribution in [1.82, 2.24) is 0 Å². The summed E-state index contributed by atoms with van der Waals surface area (Å²) in [5.74, 6) is 3.91. The van der Waals surface area contributed by atoms with Crippen LogP contribution in [0.25, 0.3) is 0 Å². The second-order valence-electron chi connectivity index (χ2n) is 10.5. The molecule has 0 spiro atoms. The average Bonchev–Trinajstić information content (AvgIpc) is 2.55. The molecule has 0 radical (unpaired) electrons. The van der Waals surface area contributed by atoms with Gasteiger partial charge in [-0.2, -0.15) is 0 Å². The van der Waals surface area contributed by atoms with Crippen molar-refractivity contribution in [2.24, 2.45) is 11.8 Å². The molecule has 0 unspecified atom stereocenters. The van der Waals surface area contributed by atoms with Crippen LogP contribution in [0.3, 0.4) is 0 Å². The fourth-order valence-corrected chi connectivity index (χ4v) is 9.69. The van der Waals surface area contributed by atoms with Gasteiger partial charge in [-0.3, -0.25) is 0 Å². The van der Waals surface area contributed by atoms with Crippen LogP contribution in [0.5, 0.6) is 11.5 Å². The molecule has 2 aliphatic rings. The average molecular weight is 391 g/mol. The standard InChI is InChI=1S/C22H38O2Si2/c1-23-19-20(24-2)22(26(6,7)8)18-14-16-12-10-9-11-15(16)13-17(18)21(19)25(3,4)5/h15-16H,9-14H2,1-8H3/t15-,16-/m1/s1. The van der Waals surface area contributed by atoms with Crippen LogP contribution in [0.15, 0.2) is 0 Å². The smallest absolute Gasteiger partial charge is 0.160 e. The minimum Gasteiger partial charge on any atom is -0.493 e. The first kappa shape index (κ1) is 20.0. The second kappa shape index (κ2) is 7.01. The Labute approximate surface area is 162 Å². The first-order chi connectivity index (χ1) is 12.1. The van der Waals surface area contributed by atoms with Gasteiger partial charge in [-0.25, -0.2) is 0 Å². The van der Waals surface area contributed by atoms with Crippen molar-refractivity contribution in [2.75, 3.05) is 14.2 Å². The Hall–Kier alpha value is -0.746. The summed E-state index contributed by atoms with van der Waals surface area (Å²) >= 11 is 0. The van der Waals surface area contributed by atoms with Crippen LogP contribution < -0.4 is 19.8 Å². The van der Waals surface area contributed by atoms with Gasteiger partial charge < -0.3 is 9.47 Å². The molecule has 0 aliphatic heterocycles. The van der Waals surface area contributed by atoms with Crippen molar-refractivity contribution in [2.45, 2.75) is 77.8 Å². The number of rotatable bonds is 4. The second-order valence-corrected chi connectivity index (χ2v) is 20.5. The number of methoxy groups -OCH3 is 2. The molecular formula is C22H38O2Si2. The maximum absolute atomic E-state index is 6.06. The van der Waals surface area contributed by atoms with Gasteiger partial charge in [0.2, 0.25) is 0 Å². The molecule has 2 atom stereocenters. The molecule has 26 heavy (non-hydrogen) atoms. The van der Waals surface area contributed by atoms with Crippen molar-refractivity contribution in [1.29, 1.82) is 0 Å². The largest absolute Gasteiger partial charge is 0.493 e. The molecule has 0 bridgehead atoms. The first-order valence-corrected chi connectivity index (χ1v) is 17.4. The third-order valence-corrected chi connectivity index (χ3v) is 10.6. The predicted octanol–water partition coefficient (Wildman–Crippen LogP) is 4.70. The van der Waals surface area contributed by atoms with Crippen LogP contribution in [0, 0.1) is 11.8 Å². The van der Waals surface area contributed by atoms with Gasteiger partial charge in [-0.05, 0) is 59.0 Å². The van der Waals surface area contributed by atoms with Crippen LogP contribution in [0.4, 0.5) is 0 Å². The number of fused-ring (bicyclic) bond motifs is 2.